The lowest BCUT2D eigenvalue weighted by molar-refractivity contribution is -0.150. The molecule has 4 heterocycles. The largest absolute Gasteiger partial charge is 0.447 e. The van der Waals surface area contributed by atoms with E-state index in [0.29, 0.717) is 36.6 Å². The minimum absolute atomic E-state index is 0.0434. The molecular weight excluding hydrogens is 637 g/mol. The van der Waals surface area contributed by atoms with Crippen molar-refractivity contribution in [3.05, 3.63) is 58.1 Å². The fourth-order valence-corrected chi connectivity index (χ4v) is 10.5. The van der Waals surface area contributed by atoms with Crippen LogP contribution < -0.4 is 9.80 Å². The van der Waals surface area contributed by atoms with Gasteiger partial charge in [0.2, 0.25) is 14.3 Å². The van der Waals surface area contributed by atoms with Gasteiger partial charge in [-0.15, -0.1) is 0 Å². The molecule has 4 aliphatic rings. The normalized spacial score (nSPS) is 28.7. The van der Waals surface area contributed by atoms with Crippen LogP contribution in [-0.4, -0.2) is 74.8 Å². The SMILES string of the molecule is C[C@@H]1[C@@H]([Si](C)(C)F)[C@H](CC(=O)N2CCC[C@H]2CO)O[C@@]12C(=O)N(Cc1cccc(N3CCOC3=O)c1)c1ccc(Br)cc12. The van der Waals surface area contributed by atoms with Gasteiger partial charge < -0.3 is 28.5 Å². The van der Waals surface area contributed by atoms with E-state index in [1.165, 1.54) is 0 Å². The van der Waals surface area contributed by atoms with Crippen molar-refractivity contribution in [2.75, 3.05) is 36.1 Å². The second kappa shape index (κ2) is 11.3. The van der Waals surface area contributed by atoms with Gasteiger partial charge in [0.1, 0.15) is 6.61 Å². The van der Waals surface area contributed by atoms with E-state index in [9.17, 15) is 19.5 Å². The number of cyclic esters (lactones) is 1. The monoisotopic (exact) mass is 673 g/mol. The number of fused-ring (bicyclic) bond motifs is 2. The van der Waals surface area contributed by atoms with Gasteiger partial charge in [-0.3, -0.25) is 14.5 Å². The number of carbonyl (C=O) groups is 3. The summed E-state index contributed by atoms with van der Waals surface area (Å²) in [6, 6.07) is 12.8. The molecule has 0 aliphatic carbocycles. The summed E-state index contributed by atoms with van der Waals surface area (Å²) >= 11 is 3.56. The Morgan fingerprint density at radius 3 is 2.67 bits per heavy atom. The maximum Gasteiger partial charge on any atom is 0.414 e. The number of nitrogens with zero attached hydrogens (tertiary/aromatic N) is 3. The van der Waals surface area contributed by atoms with Gasteiger partial charge in [-0.1, -0.05) is 35.0 Å². The summed E-state index contributed by atoms with van der Waals surface area (Å²) in [6.45, 7) is 6.56. The molecule has 0 radical (unpaired) electrons. The number of aliphatic hydroxyl groups excluding tert-OH is 1. The zero-order valence-electron chi connectivity index (χ0n) is 24.6. The van der Waals surface area contributed by atoms with Crippen LogP contribution >= 0.6 is 15.9 Å². The molecule has 1 N–H and O–H groups in total. The van der Waals surface area contributed by atoms with Gasteiger partial charge in [0.15, 0.2) is 5.60 Å². The van der Waals surface area contributed by atoms with E-state index < -0.39 is 37.7 Å². The molecule has 5 atom stereocenters. The third-order valence-corrected chi connectivity index (χ3v) is 12.5. The lowest BCUT2D eigenvalue weighted by Gasteiger charge is -2.31. The Morgan fingerprint density at radius 2 is 1.98 bits per heavy atom. The Hall–Kier alpha value is -2.80. The molecule has 0 bridgehead atoms. The van der Waals surface area contributed by atoms with Crippen LogP contribution in [0, 0.1) is 5.92 Å². The van der Waals surface area contributed by atoms with Crippen molar-refractivity contribution in [3.63, 3.8) is 0 Å². The summed E-state index contributed by atoms with van der Waals surface area (Å²) in [4.78, 5) is 45.2. The highest BCUT2D eigenvalue weighted by molar-refractivity contribution is 9.10. The van der Waals surface area contributed by atoms with Crippen molar-refractivity contribution in [1.29, 1.82) is 0 Å². The van der Waals surface area contributed by atoms with Gasteiger partial charge in [0.05, 0.1) is 44.0 Å². The number of ether oxygens (including phenoxy) is 2. The lowest BCUT2D eigenvalue weighted by Crippen LogP contribution is -2.45. The molecule has 43 heavy (non-hydrogen) atoms. The van der Waals surface area contributed by atoms with Gasteiger partial charge in [-0.05, 0) is 61.8 Å². The molecule has 0 saturated carbocycles. The molecular formula is C31H37BrFN3O6Si. The molecule has 1 spiro atoms. The molecule has 0 aromatic heterocycles. The number of aliphatic hydroxyl groups is 1. The fraction of sp³-hybridized carbons (Fsp3) is 0.516. The van der Waals surface area contributed by atoms with Crippen LogP contribution in [0.15, 0.2) is 46.9 Å². The minimum Gasteiger partial charge on any atom is -0.447 e. The zero-order chi connectivity index (χ0) is 30.7. The topological polar surface area (TPSA) is 99.6 Å². The number of hydrogen-bond donors (Lipinski definition) is 1. The number of benzene rings is 2. The highest BCUT2D eigenvalue weighted by Crippen LogP contribution is 2.60. The summed E-state index contributed by atoms with van der Waals surface area (Å²) in [5, 5.41) is 9.79. The first kappa shape index (κ1) is 30.2. The summed E-state index contributed by atoms with van der Waals surface area (Å²) in [7, 11) is -3.44. The van der Waals surface area contributed by atoms with E-state index in [1.54, 1.807) is 27.8 Å². The summed E-state index contributed by atoms with van der Waals surface area (Å²) < 4.78 is 28.8. The molecule has 6 rings (SSSR count). The van der Waals surface area contributed by atoms with Crippen molar-refractivity contribution in [2.45, 2.75) is 69.1 Å². The molecule has 2 aromatic carbocycles. The van der Waals surface area contributed by atoms with Crippen LogP contribution in [0.4, 0.5) is 20.3 Å². The fourth-order valence-electron chi connectivity index (χ4n) is 7.65. The maximum atomic E-state index is 16.2. The number of amides is 3. The quantitative estimate of drug-likeness (QED) is 0.324. The van der Waals surface area contributed by atoms with Crippen molar-refractivity contribution in [2.24, 2.45) is 5.92 Å². The third-order valence-electron chi connectivity index (χ3n) is 9.53. The van der Waals surface area contributed by atoms with Gasteiger partial charge in [0.25, 0.3) is 5.91 Å². The highest BCUT2D eigenvalue weighted by atomic mass is 79.9. The smallest absolute Gasteiger partial charge is 0.414 e. The van der Waals surface area contributed by atoms with Crippen molar-refractivity contribution in [1.82, 2.24) is 4.90 Å². The molecule has 2 aromatic rings. The summed E-state index contributed by atoms with van der Waals surface area (Å²) in [6.07, 6.45) is 0.313. The molecule has 9 nitrogen and oxygen atoms in total. The van der Waals surface area contributed by atoms with Crippen molar-refractivity contribution in [3.8, 4) is 0 Å². The van der Waals surface area contributed by atoms with Crippen molar-refractivity contribution >= 4 is 53.6 Å². The standard InChI is InChI=1S/C31H37BrFN3O6Si/c1-19-28(43(2,3)33)26(16-27(38)34-11-5-8-23(34)18-37)42-31(19)24-15-21(32)9-10-25(24)36(29(31)39)17-20-6-4-7-22(14-20)35-12-13-41-30(35)40/h4,6-7,9-10,14-15,19,23,26,28,37H,5,8,11-13,16-18H2,1-3H3/t19-,23+,26+,28-,31+/m1/s1. The Morgan fingerprint density at radius 1 is 1.19 bits per heavy atom. The zero-order valence-corrected chi connectivity index (χ0v) is 27.2. The van der Waals surface area contributed by atoms with Crippen LogP contribution in [0.5, 0.6) is 0 Å². The number of anilines is 2. The second-order valence-electron chi connectivity index (χ2n) is 12.5. The van der Waals surface area contributed by atoms with Gasteiger partial charge >= 0.3 is 6.09 Å². The first-order chi connectivity index (χ1) is 20.5. The maximum absolute atomic E-state index is 16.2. The van der Waals surface area contributed by atoms with Crippen LogP contribution in [0.1, 0.15) is 37.3 Å². The van der Waals surface area contributed by atoms with Crippen molar-refractivity contribution < 1.29 is 33.1 Å². The number of halogens is 2. The molecule has 230 valence electrons. The third kappa shape index (κ3) is 5.09. The lowest BCUT2D eigenvalue weighted by atomic mass is 9.82. The van der Waals surface area contributed by atoms with Crippen LogP contribution in [0.2, 0.25) is 18.6 Å². The van der Waals surface area contributed by atoms with E-state index in [1.807, 2.05) is 49.4 Å². The minimum atomic E-state index is -3.44. The Balaban J connectivity index is 1.35. The van der Waals surface area contributed by atoms with E-state index in [2.05, 4.69) is 15.9 Å². The van der Waals surface area contributed by atoms with E-state index >= 15 is 4.11 Å². The van der Waals surface area contributed by atoms with Gasteiger partial charge in [0, 0.05) is 33.7 Å². The van der Waals surface area contributed by atoms with Crippen LogP contribution in [0.25, 0.3) is 0 Å². The molecule has 3 amide bonds. The summed E-state index contributed by atoms with van der Waals surface area (Å²) in [5.41, 5.74) is 0.778. The van der Waals surface area contributed by atoms with Crippen LogP contribution in [-0.2, 0) is 31.2 Å². The highest BCUT2D eigenvalue weighted by Gasteiger charge is 2.67. The molecule has 4 aliphatic heterocycles. The van der Waals surface area contributed by atoms with Gasteiger partial charge in [-0.25, -0.2) is 4.79 Å². The molecule has 3 saturated heterocycles. The average Bonchev–Trinajstić information content (AvgIpc) is 3.72. The van der Waals surface area contributed by atoms with E-state index in [4.69, 9.17) is 9.47 Å². The number of likely N-dealkylation sites (tertiary alicyclic amines) is 1. The second-order valence-corrected chi connectivity index (χ2v) is 17.2. The predicted octanol–water partition coefficient (Wildman–Crippen LogP) is 5.10. The molecule has 0 unspecified atom stereocenters. The number of carbonyl (C=O) groups excluding carboxylic acids is 3. The Labute approximate surface area is 260 Å². The summed E-state index contributed by atoms with van der Waals surface area (Å²) in [5.74, 6) is -0.991. The number of hydrogen-bond acceptors (Lipinski definition) is 6. The van der Waals surface area contributed by atoms with E-state index in [-0.39, 0.29) is 37.4 Å². The predicted molar refractivity (Wildman–Crippen MR) is 165 cm³/mol. The Kier molecular flexibility index (Phi) is 7.93. The Bertz CT molecular complexity index is 1450. The first-order valence-electron chi connectivity index (χ1n) is 14.9. The van der Waals surface area contributed by atoms with E-state index in [0.717, 1.165) is 22.9 Å². The van der Waals surface area contributed by atoms with Gasteiger partial charge in [-0.2, -0.15) is 0 Å². The first-order valence-corrected chi connectivity index (χ1v) is 18.6. The average molecular weight is 675 g/mol. The van der Waals surface area contributed by atoms with Crippen LogP contribution in [0.3, 0.4) is 0 Å². The molecule has 12 heteroatoms. The molecule has 3 fully saturated rings. The number of rotatable bonds is 7.